The summed E-state index contributed by atoms with van der Waals surface area (Å²) in [4.78, 5) is 29.4. The number of carboxylic acid groups (broad SMARTS) is 1. The molecule has 40 heavy (non-hydrogen) atoms. The topological polar surface area (TPSA) is 70.1 Å². The van der Waals surface area contributed by atoms with Gasteiger partial charge in [0.15, 0.2) is 5.60 Å². The minimum absolute atomic E-state index is 0.138. The highest BCUT2D eigenvalue weighted by Gasteiger charge is 2.57. The van der Waals surface area contributed by atoms with Gasteiger partial charge in [0.2, 0.25) is 0 Å². The molecule has 0 aromatic heterocycles. The van der Waals surface area contributed by atoms with Crippen molar-refractivity contribution in [1.29, 1.82) is 0 Å². The highest BCUT2D eigenvalue weighted by molar-refractivity contribution is 7.99. The van der Waals surface area contributed by atoms with E-state index < -0.39 is 19.6 Å². The molecule has 6 nitrogen and oxygen atoms in total. The number of carbonyl (C=O) groups excluding carboxylic acids is 1. The first-order chi connectivity index (χ1) is 19.4. The fourth-order valence-electron chi connectivity index (χ4n) is 7.00. The minimum atomic E-state index is -2.33. The van der Waals surface area contributed by atoms with Gasteiger partial charge in [-0.05, 0) is 71.8 Å². The number of benzene rings is 3. The van der Waals surface area contributed by atoms with Crippen LogP contribution in [0.2, 0.25) is 12.6 Å². The van der Waals surface area contributed by atoms with E-state index in [1.165, 1.54) is 46.4 Å². The van der Waals surface area contributed by atoms with Gasteiger partial charge in [0.1, 0.15) is 8.07 Å². The standard InChI is InChI=1S/C32H34N2O4SSi/c1-40(18-6-17-39-21-30(35)36)28-19-22(33-13-4-14-33)9-11-26(28)32(25-8-3-2-7-24(25)31(37)38-32)27-12-10-23(20-29(27)40)34-15-5-16-34/h2-3,7-12,19-20H,4-6,13-18,21H2,1H3,(H,35,36). The zero-order valence-electron chi connectivity index (χ0n) is 22.8. The summed E-state index contributed by atoms with van der Waals surface area (Å²) < 4.78 is 6.54. The third-order valence-corrected chi connectivity index (χ3v) is 14.9. The van der Waals surface area contributed by atoms with Crippen molar-refractivity contribution in [3.8, 4) is 0 Å². The van der Waals surface area contributed by atoms with E-state index in [2.05, 4.69) is 58.8 Å². The molecule has 1 spiro atoms. The Morgan fingerprint density at radius 1 is 0.925 bits per heavy atom. The predicted octanol–water partition coefficient (Wildman–Crippen LogP) is 4.28. The molecule has 0 unspecified atom stereocenters. The number of thioether (sulfide) groups is 1. The molecule has 8 heteroatoms. The number of anilines is 2. The lowest BCUT2D eigenvalue weighted by Gasteiger charge is -2.47. The van der Waals surface area contributed by atoms with Crippen LogP contribution in [-0.2, 0) is 15.1 Å². The van der Waals surface area contributed by atoms with Crippen LogP contribution in [-0.4, -0.2) is 62.8 Å². The van der Waals surface area contributed by atoms with Crippen molar-refractivity contribution in [2.75, 3.05) is 47.5 Å². The summed E-state index contributed by atoms with van der Waals surface area (Å²) in [6.45, 7) is 6.76. The van der Waals surface area contributed by atoms with Crippen LogP contribution in [0.4, 0.5) is 11.4 Å². The van der Waals surface area contributed by atoms with E-state index in [1.54, 1.807) is 0 Å². The number of carbonyl (C=O) groups is 2. The molecular formula is C32H34N2O4SSi. The summed E-state index contributed by atoms with van der Waals surface area (Å²) >= 11 is 1.50. The maximum Gasteiger partial charge on any atom is 0.340 e. The number of aliphatic carboxylic acids is 1. The number of carboxylic acids is 1. The first-order valence-electron chi connectivity index (χ1n) is 14.3. The average molecular weight is 571 g/mol. The van der Waals surface area contributed by atoms with E-state index in [1.807, 2.05) is 18.2 Å². The number of hydrogen-bond acceptors (Lipinski definition) is 6. The molecule has 0 saturated carbocycles. The second kappa shape index (κ2) is 9.70. The van der Waals surface area contributed by atoms with Gasteiger partial charge >= 0.3 is 11.9 Å². The van der Waals surface area contributed by atoms with E-state index in [9.17, 15) is 9.59 Å². The molecule has 206 valence electrons. The van der Waals surface area contributed by atoms with Crippen LogP contribution >= 0.6 is 11.8 Å². The lowest BCUT2D eigenvalue weighted by atomic mass is 9.79. The van der Waals surface area contributed by atoms with Gasteiger partial charge in [-0.25, -0.2) is 4.79 Å². The first-order valence-corrected chi connectivity index (χ1v) is 18.2. The molecule has 4 aliphatic rings. The van der Waals surface area contributed by atoms with Crippen molar-refractivity contribution < 1.29 is 19.4 Å². The molecule has 3 aromatic carbocycles. The molecule has 0 radical (unpaired) electrons. The predicted molar refractivity (Wildman–Crippen MR) is 164 cm³/mol. The Kier molecular flexibility index (Phi) is 6.23. The van der Waals surface area contributed by atoms with E-state index in [-0.39, 0.29) is 11.7 Å². The maximum absolute atomic E-state index is 13.4. The van der Waals surface area contributed by atoms with Crippen molar-refractivity contribution in [2.45, 2.75) is 37.5 Å². The Hall–Kier alpha value is -3.23. The number of fused-ring (bicyclic) bond motifs is 6. The summed E-state index contributed by atoms with van der Waals surface area (Å²) in [6.07, 6.45) is 3.37. The molecule has 4 heterocycles. The van der Waals surface area contributed by atoms with Crippen LogP contribution in [0.3, 0.4) is 0 Å². The summed E-state index contributed by atoms with van der Waals surface area (Å²) in [5.74, 6) is -0.0648. The van der Waals surface area contributed by atoms with E-state index in [0.717, 1.165) is 61.1 Å². The van der Waals surface area contributed by atoms with Gasteiger partial charge in [0.05, 0.1) is 11.3 Å². The number of nitrogens with zero attached hydrogens (tertiary/aromatic N) is 2. The molecule has 1 N–H and O–H groups in total. The highest BCUT2D eigenvalue weighted by Crippen LogP contribution is 2.50. The fraction of sp³-hybridized carbons (Fsp3) is 0.375. The Morgan fingerprint density at radius 3 is 2.08 bits per heavy atom. The Labute approximate surface area is 240 Å². The maximum atomic E-state index is 13.4. The van der Waals surface area contributed by atoms with Crippen LogP contribution in [0.1, 0.15) is 46.3 Å². The summed E-state index contributed by atoms with van der Waals surface area (Å²) in [5, 5.41) is 11.8. The first kappa shape index (κ1) is 25.7. The second-order valence-electron chi connectivity index (χ2n) is 11.6. The van der Waals surface area contributed by atoms with E-state index >= 15 is 0 Å². The highest BCUT2D eigenvalue weighted by atomic mass is 32.2. The van der Waals surface area contributed by atoms with Crippen LogP contribution < -0.4 is 20.2 Å². The van der Waals surface area contributed by atoms with Crippen molar-refractivity contribution in [2.24, 2.45) is 0 Å². The third kappa shape index (κ3) is 3.83. The fourth-order valence-corrected chi connectivity index (χ4v) is 12.3. The molecule has 3 aromatic rings. The van der Waals surface area contributed by atoms with E-state index in [0.29, 0.717) is 5.56 Å². The smallest absolute Gasteiger partial charge is 0.340 e. The molecular weight excluding hydrogens is 537 g/mol. The Balaban J connectivity index is 1.43. The van der Waals surface area contributed by atoms with Gasteiger partial charge in [-0.1, -0.05) is 36.9 Å². The van der Waals surface area contributed by atoms with Gasteiger partial charge in [-0.15, -0.1) is 0 Å². The number of esters is 1. The van der Waals surface area contributed by atoms with Crippen molar-refractivity contribution >= 4 is 53.5 Å². The molecule has 2 saturated heterocycles. The van der Waals surface area contributed by atoms with Crippen LogP contribution in [0, 0.1) is 0 Å². The molecule has 0 aliphatic carbocycles. The summed E-state index contributed by atoms with van der Waals surface area (Å²) in [5.41, 5.74) is 5.33. The third-order valence-electron chi connectivity index (χ3n) is 9.36. The summed E-state index contributed by atoms with van der Waals surface area (Å²) in [6, 6.07) is 22.6. The van der Waals surface area contributed by atoms with Gasteiger partial charge in [0, 0.05) is 54.2 Å². The van der Waals surface area contributed by atoms with Crippen molar-refractivity contribution in [1.82, 2.24) is 0 Å². The van der Waals surface area contributed by atoms with Crippen LogP contribution in [0.15, 0.2) is 60.7 Å². The Bertz CT molecular complexity index is 1450. The largest absolute Gasteiger partial charge is 0.481 e. The quantitative estimate of drug-likeness (QED) is 0.246. The SMILES string of the molecule is C[Si]1(CCCSCC(=O)O)c2cc(N3CCC3)ccc2C2(OC(=O)c3ccccc32)c2ccc(N3CCC3)cc21. The average Bonchev–Trinajstić information content (AvgIpc) is 3.18. The molecule has 2 fully saturated rings. The van der Waals surface area contributed by atoms with Crippen molar-refractivity contribution in [3.63, 3.8) is 0 Å². The molecule has 0 amide bonds. The van der Waals surface area contributed by atoms with Crippen molar-refractivity contribution in [3.05, 3.63) is 82.9 Å². The van der Waals surface area contributed by atoms with Gasteiger partial charge in [-0.2, -0.15) is 11.8 Å². The molecule has 7 rings (SSSR count). The normalized spacial score (nSPS) is 24.1. The van der Waals surface area contributed by atoms with Gasteiger partial charge in [0.25, 0.3) is 0 Å². The number of hydrogen-bond donors (Lipinski definition) is 1. The number of rotatable bonds is 8. The Morgan fingerprint density at radius 2 is 1.52 bits per heavy atom. The second-order valence-corrected chi connectivity index (χ2v) is 17.0. The van der Waals surface area contributed by atoms with Gasteiger partial charge < -0.3 is 19.6 Å². The molecule has 0 bridgehead atoms. The van der Waals surface area contributed by atoms with Crippen LogP contribution in [0.5, 0.6) is 0 Å². The molecule has 4 aliphatic heterocycles. The minimum Gasteiger partial charge on any atom is -0.481 e. The zero-order valence-corrected chi connectivity index (χ0v) is 24.6. The summed E-state index contributed by atoms with van der Waals surface area (Å²) in [7, 11) is -2.33. The lowest BCUT2D eigenvalue weighted by molar-refractivity contribution is -0.133. The van der Waals surface area contributed by atoms with E-state index in [4.69, 9.17) is 9.84 Å². The zero-order chi connectivity index (χ0) is 27.5. The lowest BCUT2D eigenvalue weighted by Crippen LogP contribution is -2.65. The van der Waals surface area contributed by atoms with Gasteiger partial charge in [-0.3, -0.25) is 4.79 Å². The number of ether oxygens (including phenoxy) is 1. The van der Waals surface area contributed by atoms with Crippen LogP contribution in [0.25, 0.3) is 0 Å². The molecule has 0 atom stereocenters. The monoisotopic (exact) mass is 570 g/mol.